The first-order chi connectivity index (χ1) is 4.70. The summed E-state index contributed by atoms with van der Waals surface area (Å²) >= 11 is 14.0. The van der Waals surface area contributed by atoms with Crippen molar-refractivity contribution < 1.29 is 0 Å². The van der Waals surface area contributed by atoms with Gasteiger partial charge in [0.05, 0.1) is 7.57 Å². The maximum absolute atomic E-state index is 3.40. The summed E-state index contributed by atoms with van der Waals surface area (Å²) in [4.78, 5) is 0. The number of hydrogen-bond acceptors (Lipinski definition) is 1. The Morgan fingerprint density at radius 2 is 1.80 bits per heavy atom. The van der Waals surface area contributed by atoms with E-state index >= 15 is 0 Å². The van der Waals surface area contributed by atoms with E-state index in [1.165, 1.54) is 13.1 Å². The van der Waals surface area contributed by atoms with Crippen LogP contribution >= 0.6 is 71.5 Å². The highest BCUT2D eigenvalue weighted by atomic mass is 80.9. The molecule has 1 heterocycles. The van der Waals surface area contributed by atoms with Gasteiger partial charge < -0.3 is 0 Å². The first-order valence-corrected chi connectivity index (χ1v) is 8.37. The van der Waals surface area contributed by atoms with Gasteiger partial charge in [-0.2, -0.15) is 0 Å². The molecule has 0 aliphatic heterocycles. The summed E-state index contributed by atoms with van der Waals surface area (Å²) in [6.07, 6.45) is 0. The van der Waals surface area contributed by atoms with Crippen molar-refractivity contribution in [2.24, 2.45) is 0 Å². The van der Waals surface area contributed by atoms with Crippen molar-refractivity contribution in [3.05, 3.63) is 19.2 Å². The standard InChI is InChI=1S/C5H4Br2S.Br2/c1-3-2-4(6)8-5(3)7;1-2/h2H,1H3;. The highest BCUT2D eigenvalue weighted by Gasteiger charge is 1.96. The molecule has 0 atom stereocenters. The Hall–Kier alpha value is 1.62. The summed E-state index contributed by atoms with van der Waals surface area (Å²) in [5, 5.41) is 0. The van der Waals surface area contributed by atoms with E-state index < -0.39 is 0 Å². The minimum Gasteiger partial charge on any atom is -0.121 e. The van der Waals surface area contributed by atoms with Gasteiger partial charge in [0.2, 0.25) is 0 Å². The van der Waals surface area contributed by atoms with E-state index in [4.69, 9.17) is 0 Å². The van der Waals surface area contributed by atoms with Gasteiger partial charge in [-0.15, -0.1) is 11.3 Å². The zero-order chi connectivity index (χ0) is 8.15. The smallest absolute Gasteiger partial charge is 0.0739 e. The van der Waals surface area contributed by atoms with Crippen LogP contribution in [0.3, 0.4) is 0 Å². The van der Waals surface area contributed by atoms with Crippen LogP contribution < -0.4 is 0 Å². The van der Waals surface area contributed by atoms with Gasteiger partial charge >= 0.3 is 0 Å². The summed E-state index contributed by atoms with van der Waals surface area (Å²) in [6, 6.07) is 2.09. The lowest BCUT2D eigenvalue weighted by molar-refractivity contribution is 1.52. The molecule has 0 aliphatic carbocycles. The van der Waals surface area contributed by atoms with Crippen molar-refractivity contribution in [3.8, 4) is 0 Å². The molecule has 1 aromatic rings. The topological polar surface area (TPSA) is 0 Å². The van der Waals surface area contributed by atoms with Gasteiger partial charge in [0.25, 0.3) is 0 Å². The van der Waals surface area contributed by atoms with Crippen molar-refractivity contribution in [2.75, 3.05) is 0 Å². The van der Waals surface area contributed by atoms with Crippen molar-refractivity contribution >= 4 is 71.5 Å². The Morgan fingerprint density at radius 1 is 1.30 bits per heavy atom. The predicted molar refractivity (Wildman–Crippen MR) is 62.3 cm³/mol. The van der Waals surface area contributed by atoms with Crippen LogP contribution in [-0.2, 0) is 0 Å². The van der Waals surface area contributed by atoms with E-state index in [1.54, 1.807) is 11.3 Å². The van der Waals surface area contributed by atoms with Crippen molar-refractivity contribution in [1.82, 2.24) is 0 Å². The molecule has 5 heteroatoms. The molecule has 0 aliphatic rings. The lowest BCUT2D eigenvalue weighted by Crippen LogP contribution is -1.55. The van der Waals surface area contributed by atoms with Gasteiger partial charge in [0, 0.05) is 28.3 Å². The zero-order valence-corrected chi connectivity index (χ0v) is 12.2. The first-order valence-electron chi connectivity index (χ1n) is 2.26. The van der Waals surface area contributed by atoms with E-state index in [0.29, 0.717) is 0 Å². The van der Waals surface area contributed by atoms with Crippen molar-refractivity contribution in [2.45, 2.75) is 6.92 Å². The molecule has 0 amide bonds. The average molecular weight is 416 g/mol. The fourth-order valence-electron chi connectivity index (χ4n) is 0.423. The lowest BCUT2D eigenvalue weighted by Gasteiger charge is -1.77. The third kappa shape index (κ3) is 3.85. The summed E-state index contributed by atoms with van der Waals surface area (Å²) in [6.45, 7) is 2.07. The molecular weight excluding hydrogens is 412 g/mol. The van der Waals surface area contributed by atoms with Gasteiger partial charge in [-0.25, -0.2) is 0 Å². The van der Waals surface area contributed by atoms with Crippen LogP contribution in [0.1, 0.15) is 5.56 Å². The Labute approximate surface area is 96.5 Å². The van der Waals surface area contributed by atoms with E-state index in [9.17, 15) is 0 Å². The first kappa shape index (κ1) is 11.6. The van der Waals surface area contributed by atoms with Crippen molar-refractivity contribution in [1.29, 1.82) is 0 Å². The van der Waals surface area contributed by atoms with E-state index in [1.807, 2.05) is 0 Å². The number of aryl methyl sites for hydroxylation is 1. The highest BCUT2D eigenvalue weighted by Crippen LogP contribution is 2.30. The van der Waals surface area contributed by atoms with Gasteiger partial charge in [0.1, 0.15) is 0 Å². The fourth-order valence-corrected chi connectivity index (χ4v) is 3.17. The summed E-state index contributed by atoms with van der Waals surface area (Å²) in [5.74, 6) is 0. The molecule has 0 saturated carbocycles. The van der Waals surface area contributed by atoms with Crippen LogP contribution in [0.4, 0.5) is 0 Å². The molecule has 0 N–H and O–H groups in total. The molecule has 0 spiro atoms. The molecule has 58 valence electrons. The quantitative estimate of drug-likeness (QED) is 0.541. The van der Waals surface area contributed by atoms with Gasteiger partial charge in [-0.3, -0.25) is 0 Å². The van der Waals surface area contributed by atoms with Gasteiger partial charge in [-0.1, -0.05) is 0 Å². The molecule has 1 rings (SSSR count). The summed E-state index contributed by atoms with van der Waals surface area (Å²) in [7, 11) is 0. The highest BCUT2D eigenvalue weighted by molar-refractivity contribution is 9.93. The molecular formula is C5H4Br4S. The number of halogens is 4. The Bertz CT molecular complexity index is 176. The van der Waals surface area contributed by atoms with Gasteiger partial charge in [-0.05, 0) is 50.4 Å². The predicted octanol–water partition coefficient (Wildman–Crippen LogP) is 5.27. The Kier molecular flexibility index (Phi) is 7.17. The second-order valence-corrected chi connectivity index (χ2v) is 5.26. The Morgan fingerprint density at radius 3 is 1.90 bits per heavy atom. The van der Waals surface area contributed by atoms with E-state index in [2.05, 4.69) is 73.1 Å². The molecule has 0 fully saturated rings. The summed E-state index contributed by atoms with van der Waals surface area (Å²) < 4.78 is 2.39. The molecule has 0 aromatic carbocycles. The number of thiophene rings is 1. The third-order valence-electron chi connectivity index (χ3n) is 0.827. The maximum Gasteiger partial charge on any atom is 0.0739 e. The lowest BCUT2D eigenvalue weighted by atomic mass is 10.4. The van der Waals surface area contributed by atoms with Crippen molar-refractivity contribution in [3.63, 3.8) is 0 Å². The number of rotatable bonds is 0. The molecule has 10 heavy (non-hydrogen) atoms. The van der Waals surface area contributed by atoms with Gasteiger partial charge in [0.15, 0.2) is 0 Å². The fraction of sp³-hybridized carbons (Fsp3) is 0.200. The van der Waals surface area contributed by atoms with Crippen LogP contribution in [0.2, 0.25) is 0 Å². The monoisotopic (exact) mass is 412 g/mol. The maximum atomic E-state index is 3.40. The van der Waals surface area contributed by atoms with E-state index in [0.717, 1.165) is 0 Å². The molecule has 0 saturated heterocycles. The average Bonchev–Trinajstić information content (AvgIpc) is 2.16. The van der Waals surface area contributed by atoms with Crippen LogP contribution in [0.25, 0.3) is 0 Å². The van der Waals surface area contributed by atoms with E-state index in [-0.39, 0.29) is 0 Å². The second kappa shape index (κ2) is 6.17. The number of hydrogen-bond donors (Lipinski definition) is 0. The van der Waals surface area contributed by atoms with Crippen LogP contribution in [0, 0.1) is 6.92 Å². The largest absolute Gasteiger partial charge is 0.121 e. The molecule has 1 aromatic heterocycles. The Balaban J connectivity index is 0.000000371. The molecule has 0 nitrogen and oxygen atoms in total. The van der Waals surface area contributed by atoms with Crippen LogP contribution in [-0.4, -0.2) is 0 Å². The minimum atomic E-state index is 1.18. The van der Waals surface area contributed by atoms with Crippen LogP contribution in [0.5, 0.6) is 0 Å². The second-order valence-electron chi connectivity index (χ2n) is 1.51. The molecule has 0 unspecified atom stereocenters. The normalized spacial score (nSPS) is 8.50. The minimum absolute atomic E-state index is 1.18. The molecule has 0 bridgehead atoms. The van der Waals surface area contributed by atoms with Crippen LogP contribution in [0.15, 0.2) is 13.6 Å². The third-order valence-corrected chi connectivity index (χ3v) is 3.47. The summed E-state index contributed by atoms with van der Waals surface area (Å²) in [5.41, 5.74) is 1.29. The molecule has 0 radical (unpaired) electrons. The SMILES string of the molecule is BrBr.Cc1cc(Br)sc1Br. The zero-order valence-electron chi connectivity index (χ0n) is 5.00.